The van der Waals surface area contributed by atoms with E-state index in [1.807, 2.05) is 6.92 Å². The predicted octanol–water partition coefficient (Wildman–Crippen LogP) is 2.56. The van der Waals surface area contributed by atoms with Crippen molar-refractivity contribution in [2.45, 2.75) is 25.8 Å². The normalized spacial score (nSPS) is 12.7. The van der Waals surface area contributed by atoms with Crippen LogP contribution in [0.2, 0.25) is 5.02 Å². The minimum atomic E-state index is -0.343. The van der Waals surface area contributed by atoms with E-state index in [1.54, 1.807) is 24.4 Å². The van der Waals surface area contributed by atoms with Gasteiger partial charge in [0.05, 0.1) is 34.5 Å². The van der Waals surface area contributed by atoms with Crippen LogP contribution in [0.3, 0.4) is 0 Å². The second-order valence-corrected chi connectivity index (χ2v) is 5.48. The lowest BCUT2D eigenvalue weighted by Gasteiger charge is -2.17. The second kappa shape index (κ2) is 5.90. The van der Waals surface area contributed by atoms with Crippen LogP contribution in [0.4, 0.5) is 0 Å². The number of rotatable bonds is 4. The quantitative estimate of drug-likeness (QED) is 0.774. The molecule has 0 amide bonds. The molecule has 1 atom stereocenters. The van der Waals surface area contributed by atoms with Crippen molar-refractivity contribution in [2.24, 2.45) is 5.73 Å². The number of benzene rings is 1. The van der Waals surface area contributed by atoms with E-state index in [1.165, 1.54) is 10.9 Å². The van der Waals surface area contributed by atoms with E-state index in [2.05, 4.69) is 15.0 Å². The molecule has 2 aromatic heterocycles. The summed E-state index contributed by atoms with van der Waals surface area (Å²) in [7, 11) is 0. The van der Waals surface area contributed by atoms with Crippen molar-refractivity contribution < 1.29 is 0 Å². The van der Waals surface area contributed by atoms with E-state index in [0.717, 1.165) is 12.8 Å². The van der Waals surface area contributed by atoms with Gasteiger partial charge in [-0.2, -0.15) is 0 Å². The molecule has 0 unspecified atom stereocenters. The summed E-state index contributed by atoms with van der Waals surface area (Å²) in [6, 6.07) is 4.87. The molecule has 3 aromatic rings. The molecule has 0 saturated carbocycles. The third kappa shape index (κ3) is 2.40. The number of halogens is 1. The van der Waals surface area contributed by atoms with Gasteiger partial charge in [-0.3, -0.25) is 4.79 Å². The second-order valence-electron chi connectivity index (χ2n) is 5.08. The maximum atomic E-state index is 12.9. The number of nitrogens with two attached hydrogens (primary N) is 1. The summed E-state index contributed by atoms with van der Waals surface area (Å²) in [4.78, 5) is 24.4. The van der Waals surface area contributed by atoms with Crippen molar-refractivity contribution in [3.63, 3.8) is 0 Å². The average Bonchev–Trinajstić information content (AvgIpc) is 3.01. The Bertz CT molecular complexity index is 856. The molecule has 1 aromatic carbocycles. The fourth-order valence-electron chi connectivity index (χ4n) is 2.50. The highest BCUT2D eigenvalue weighted by Gasteiger charge is 2.19. The van der Waals surface area contributed by atoms with E-state index < -0.39 is 0 Å². The zero-order valence-electron chi connectivity index (χ0n) is 12.1. The highest BCUT2D eigenvalue weighted by molar-refractivity contribution is 6.35. The summed E-state index contributed by atoms with van der Waals surface area (Å²) in [6.45, 7) is 2.04. The molecule has 0 radical (unpaired) electrons. The summed E-state index contributed by atoms with van der Waals surface area (Å²) in [6.07, 6.45) is 4.70. The summed E-state index contributed by atoms with van der Waals surface area (Å²) in [5.41, 5.74) is 6.52. The molecule has 0 fully saturated rings. The monoisotopic (exact) mass is 317 g/mol. The lowest BCUT2D eigenvalue weighted by Crippen LogP contribution is -2.29. The predicted molar refractivity (Wildman–Crippen MR) is 86.3 cm³/mol. The number of aromatic amines is 1. The SMILES string of the molecule is CCC[C@H](N)c1nc2cccc(Cl)c2c(=O)n1-c1cnc[nH]1. The number of hydrogen-bond acceptors (Lipinski definition) is 4. The molecule has 0 aliphatic carbocycles. The molecule has 114 valence electrons. The Morgan fingerprint density at radius 3 is 2.95 bits per heavy atom. The summed E-state index contributed by atoms with van der Waals surface area (Å²) in [5, 5.41) is 0.755. The standard InChI is InChI=1S/C15H16ClN5O/c1-2-4-10(17)14-20-11-6-3-5-9(16)13(11)15(22)21(14)12-7-18-8-19-12/h3,5-8,10H,2,4,17H2,1H3,(H,18,19)/t10-/m0/s1. The molecule has 2 heterocycles. The zero-order valence-corrected chi connectivity index (χ0v) is 12.8. The van der Waals surface area contributed by atoms with Crippen molar-refractivity contribution >= 4 is 22.5 Å². The van der Waals surface area contributed by atoms with E-state index in [-0.39, 0.29) is 11.6 Å². The van der Waals surface area contributed by atoms with Crippen molar-refractivity contribution in [1.29, 1.82) is 0 Å². The van der Waals surface area contributed by atoms with Gasteiger partial charge in [0, 0.05) is 0 Å². The molecular formula is C15H16ClN5O. The number of fused-ring (bicyclic) bond motifs is 1. The van der Waals surface area contributed by atoms with E-state index in [4.69, 9.17) is 17.3 Å². The van der Waals surface area contributed by atoms with Gasteiger partial charge in [-0.25, -0.2) is 14.5 Å². The fraction of sp³-hybridized carbons (Fsp3) is 0.267. The topological polar surface area (TPSA) is 89.6 Å². The minimum absolute atomic E-state index is 0.249. The molecule has 0 aliphatic rings. The van der Waals surface area contributed by atoms with Gasteiger partial charge in [0.2, 0.25) is 0 Å². The largest absolute Gasteiger partial charge is 0.331 e. The number of hydrogen-bond donors (Lipinski definition) is 2. The number of nitrogens with one attached hydrogen (secondary N) is 1. The van der Waals surface area contributed by atoms with Crippen LogP contribution in [0.1, 0.15) is 31.6 Å². The van der Waals surface area contributed by atoms with Crippen LogP contribution in [0.5, 0.6) is 0 Å². The van der Waals surface area contributed by atoms with Crippen molar-refractivity contribution in [3.8, 4) is 5.82 Å². The minimum Gasteiger partial charge on any atom is -0.331 e. The van der Waals surface area contributed by atoms with Crippen LogP contribution in [0.25, 0.3) is 16.7 Å². The summed E-state index contributed by atoms with van der Waals surface area (Å²) < 4.78 is 1.46. The maximum Gasteiger partial charge on any atom is 0.268 e. The van der Waals surface area contributed by atoms with Crippen LogP contribution in [0.15, 0.2) is 35.5 Å². The molecule has 7 heteroatoms. The van der Waals surface area contributed by atoms with Crippen molar-refractivity contribution in [3.05, 3.63) is 51.9 Å². The van der Waals surface area contributed by atoms with E-state index >= 15 is 0 Å². The van der Waals surface area contributed by atoms with Crippen LogP contribution < -0.4 is 11.3 Å². The van der Waals surface area contributed by atoms with Gasteiger partial charge >= 0.3 is 0 Å². The molecule has 0 spiro atoms. The highest BCUT2D eigenvalue weighted by Crippen LogP contribution is 2.22. The van der Waals surface area contributed by atoms with Crippen LogP contribution >= 0.6 is 11.6 Å². The molecule has 0 aliphatic heterocycles. The average molecular weight is 318 g/mol. The van der Waals surface area contributed by atoms with Crippen molar-refractivity contribution in [2.75, 3.05) is 0 Å². The zero-order chi connectivity index (χ0) is 15.7. The lowest BCUT2D eigenvalue weighted by molar-refractivity contribution is 0.581. The first-order chi connectivity index (χ1) is 10.6. The van der Waals surface area contributed by atoms with Gasteiger partial charge in [-0.1, -0.05) is 31.0 Å². The molecular weight excluding hydrogens is 302 g/mol. The van der Waals surface area contributed by atoms with Gasteiger partial charge < -0.3 is 10.7 Å². The molecule has 3 rings (SSSR count). The van der Waals surface area contributed by atoms with Gasteiger partial charge in [-0.05, 0) is 18.6 Å². The first kappa shape index (κ1) is 14.7. The maximum absolute atomic E-state index is 12.9. The smallest absolute Gasteiger partial charge is 0.268 e. The Balaban J connectivity index is 2.38. The number of H-pyrrole nitrogens is 1. The fourth-order valence-corrected chi connectivity index (χ4v) is 2.75. The summed E-state index contributed by atoms with van der Waals surface area (Å²) in [5.74, 6) is 1.03. The van der Waals surface area contributed by atoms with Crippen LogP contribution in [-0.4, -0.2) is 19.5 Å². The number of imidazole rings is 1. The third-order valence-corrected chi connectivity index (χ3v) is 3.84. The van der Waals surface area contributed by atoms with Gasteiger partial charge in [-0.15, -0.1) is 0 Å². The number of aromatic nitrogens is 4. The Hall–Kier alpha value is -2.18. The Kier molecular flexibility index (Phi) is 3.96. The highest BCUT2D eigenvalue weighted by atomic mass is 35.5. The van der Waals surface area contributed by atoms with E-state index in [0.29, 0.717) is 27.6 Å². The molecule has 0 bridgehead atoms. The van der Waals surface area contributed by atoms with E-state index in [9.17, 15) is 4.79 Å². The van der Waals surface area contributed by atoms with Crippen LogP contribution in [0, 0.1) is 0 Å². The lowest BCUT2D eigenvalue weighted by atomic mass is 10.1. The summed E-state index contributed by atoms with van der Waals surface area (Å²) >= 11 is 6.18. The van der Waals surface area contributed by atoms with Crippen LogP contribution in [-0.2, 0) is 0 Å². The third-order valence-electron chi connectivity index (χ3n) is 3.53. The van der Waals surface area contributed by atoms with Gasteiger partial charge in [0.15, 0.2) is 0 Å². The molecule has 3 N–H and O–H groups in total. The van der Waals surface area contributed by atoms with Gasteiger partial charge in [0.1, 0.15) is 11.6 Å². The molecule has 22 heavy (non-hydrogen) atoms. The Morgan fingerprint density at radius 1 is 1.45 bits per heavy atom. The first-order valence-electron chi connectivity index (χ1n) is 7.09. The van der Waals surface area contributed by atoms with Crippen molar-refractivity contribution in [1.82, 2.24) is 19.5 Å². The first-order valence-corrected chi connectivity index (χ1v) is 7.46. The molecule has 6 nitrogen and oxygen atoms in total. The Labute approximate surface area is 132 Å². The number of nitrogens with zero attached hydrogens (tertiary/aromatic N) is 3. The Morgan fingerprint density at radius 2 is 2.27 bits per heavy atom. The van der Waals surface area contributed by atoms with Gasteiger partial charge in [0.25, 0.3) is 5.56 Å². The molecule has 0 saturated heterocycles.